The third kappa shape index (κ3) is 5.41. The van der Waals surface area contributed by atoms with Crippen LogP contribution in [0.2, 0.25) is 0 Å². The minimum absolute atomic E-state index is 0.240. The predicted octanol–water partition coefficient (Wildman–Crippen LogP) is 3.82. The van der Waals surface area contributed by atoms with Gasteiger partial charge >= 0.3 is 0 Å². The molecule has 0 spiro atoms. The van der Waals surface area contributed by atoms with Crippen molar-refractivity contribution in [2.75, 3.05) is 5.73 Å². The Labute approximate surface area is 164 Å². The molecule has 0 saturated heterocycles. The zero-order chi connectivity index (χ0) is 20.5. The monoisotopic (exact) mass is 377 g/mol. The Morgan fingerprint density at radius 2 is 1.71 bits per heavy atom. The van der Waals surface area contributed by atoms with Crippen LogP contribution in [-0.4, -0.2) is 17.7 Å². The Kier molecular flexibility index (Phi) is 7.28. The highest BCUT2D eigenvalue weighted by atomic mass is 16.5. The van der Waals surface area contributed by atoms with E-state index in [2.05, 4.69) is 10.3 Å². The topological polar surface area (TPSA) is 94.3 Å². The summed E-state index contributed by atoms with van der Waals surface area (Å²) in [5.74, 6) is 1.58. The number of nitrogens with one attached hydrogen (secondary N) is 1. The van der Waals surface area contributed by atoms with Crippen LogP contribution in [0.4, 0.5) is 5.82 Å². The van der Waals surface area contributed by atoms with Gasteiger partial charge in [-0.2, -0.15) is 0 Å². The number of amides is 1. The largest absolute Gasteiger partial charge is 0.457 e. The fourth-order valence-electron chi connectivity index (χ4n) is 2.52. The third-order valence-corrected chi connectivity index (χ3v) is 4.01. The molecule has 3 aromatic rings. The number of rotatable bonds is 5. The van der Waals surface area contributed by atoms with E-state index < -0.39 is 0 Å². The van der Waals surface area contributed by atoms with Crippen LogP contribution in [0.1, 0.15) is 27.2 Å². The SMILES string of the molecule is C=O.Cc1ccc(C(=O)NCc2ccc(Oc3ccccc3C)cc2)c(N)n1. The number of aromatic nitrogens is 1. The van der Waals surface area contributed by atoms with Crippen molar-refractivity contribution in [3.05, 3.63) is 83.0 Å². The summed E-state index contributed by atoms with van der Waals surface area (Å²) in [4.78, 5) is 24.3. The number of anilines is 1. The summed E-state index contributed by atoms with van der Waals surface area (Å²) in [7, 11) is 0. The second-order valence-corrected chi connectivity index (χ2v) is 6.08. The van der Waals surface area contributed by atoms with Crippen molar-refractivity contribution in [3.8, 4) is 11.5 Å². The van der Waals surface area contributed by atoms with Gasteiger partial charge in [-0.05, 0) is 55.3 Å². The lowest BCUT2D eigenvalue weighted by Crippen LogP contribution is -2.24. The molecule has 2 aromatic carbocycles. The molecule has 0 aliphatic carbocycles. The van der Waals surface area contributed by atoms with Crippen molar-refractivity contribution in [1.82, 2.24) is 10.3 Å². The number of benzene rings is 2. The Morgan fingerprint density at radius 3 is 2.36 bits per heavy atom. The molecule has 0 saturated carbocycles. The lowest BCUT2D eigenvalue weighted by atomic mass is 10.2. The molecule has 1 aromatic heterocycles. The Balaban J connectivity index is 0.00000136. The van der Waals surface area contributed by atoms with Crippen molar-refractivity contribution in [2.24, 2.45) is 0 Å². The molecule has 28 heavy (non-hydrogen) atoms. The van der Waals surface area contributed by atoms with Crippen molar-refractivity contribution >= 4 is 18.5 Å². The molecule has 1 heterocycles. The normalized spacial score (nSPS) is 9.79. The number of aryl methyl sites for hydroxylation is 2. The fraction of sp³-hybridized carbons (Fsp3) is 0.136. The van der Waals surface area contributed by atoms with E-state index in [0.717, 1.165) is 28.3 Å². The minimum atomic E-state index is -0.241. The molecule has 3 rings (SSSR count). The zero-order valence-corrected chi connectivity index (χ0v) is 15.9. The summed E-state index contributed by atoms with van der Waals surface area (Å²) in [5, 5.41) is 2.85. The highest BCUT2D eigenvalue weighted by molar-refractivity contribution is 5.98. The molecule has 6 nitrogen and oxygen atoms in total. The van der Waals surface area contributed by atoms with Crippen molar-refractivity contribution in [1.29, 1.82) is 0 Å². The number of nitrogens with zero attached hydrogens (tertiary/aromatic N) is 1. The predicted molar refractivity (Wildman–Crippen MR) is 109 cm³/mol. The highest BCUT2D eigenvalue weighted by Crippen LogP contribution is 2.24. The van der Waals surface area contributed by atoms with Gasteiger partial charge in [-0.25, -0.2) is 4.98 Å². The summed E-state index contributed by atoms with van der Waals surface area (Å²) < 4.78 is 5.87. The molecule has 0 aliphatic heterocycles. The maximum absolute atomic E-state index is 12.2. The van der Waals surface area contributed by atoms with Gasteiger partial charge in [-0.15, -0.1) is 0 Å². The third-order valence-electron chi connectivity index (χ3n) is 4.01. The van der Waals surface area contributed by atoms with Gasteiger partial charge in [0.15, 0.2) is 0 Å². The number of carbonyl (C=O) groups is 2. The average molecular weight is 377 g/mol. The molecule has 144 valence electrons. The van der Waals surface area contributed by atoms with Gasteiger partial charge in [0.25, 0.3) is 5.91 Å². The van der Waals surface area contributed by atoms with E-state index in [1.54, 1.807) is 12.1 Å². The van der Waals surface area contributed by atoms with Crippen LogP contribution in [0.5, 0.6) is 11.5 Å². The summed E-state index contributed by atoms with van der Waals surface area (Å²) >= 11 is 0. The number of para-hydroxylation sites is 1. The Bertz CT molecular complexity index is 940. The van der Waals surface area contributed by atoms with Crippen LogP contribution in [0.3, 0.4) is 0 Å². The number of nitrogen functional groups attached to an aromatic ring is 1. The average Bonchev–Trinajstić information content (AvgIpc) is 2.70. The van der Waals surface area contributed by atoms with E-state index in [4.69, 9.17) is 15.3 Å². The maximum atomic E-state index is 12.2. The molecular formula is C22H23N3O3. The van der Waals surface area contributed by atoms with Gasteiger partial charge in [0.1, 0.15) is 24.1 Å². The summed E-state index contributed by atoms with van der Waals surface area (Å²) in [6.45, 7) is 6.24. The summed E-state index contributed by atoms with van der Waals surface area (Å²) in [6.07, 6.45) is 0. The number of hydrogen-bond acceptors (Lipinski definition) is 5. The van der Waals surface area contributed by atoms with E-state index in [1.165, 1.54) is 0 Å². The quantitative estimate of drug-likeness (QED) is 0.705. The Hall–Kier alpha value is -3.67. The summed E-state index contributed by atoms with van der Waals surface area (Å²) in [6, 6.07) is 18.9. The van der Waals surface area contributed by atoms with Gasteiger partial charge in [0, 0.05) is 12.2 Å². The van der Waals surface area contributed by atoms with Crippen LogP contribution >= 0.6 is 0 Å². The second kappa shape index (κ2) is 9.87. The molecule has 0 radical (unpaired) electrons. The van der Waals surface area contributed by atoms with Crippen LogP contribution in [0, 0.1) is 13.8 Å². The van der Waals surface area contributed by atoms with Crippen LogP contribution < -0.4 is 15.8 Å². The van der Waals surface area contributed by atoms with Crippen molar-refractivity contribution in [2.45, 2.75) is 20.4 Å². The van der Waals surface area contributed by atoms with Gasteiger partial charge in [-0.1, -0.05) is 30.3 Å². The lowest BCUT2D eigenvalue weighted by molar-refractivity contribution is -0.0980. The minimum Gasteiger partial charge on any atom is -0.457 e. The molecule has 0 bridgehead atoms. The zero-order valence-electron chi connectivity index (χ0n) is 15.9. The van der Waals surface area contributed by atoms with E-state index in [1.807, 2.05) is 69.2 Å². The number of carbonyl (C=O) groups excluding carboxylic acids is 2. The van der Waals surface area contributed by atoms with Gasteiger partial charge in [-0.3, -0.25) is 4.79 Å². The summed E-state index contributed by atoms with van der Waals surface area (Å²) in [5.41, 5.74) is 9.02. The maximum Gasteiger partial charge on any atom is 0.255 e. The van der Waals surface area contributed by atoms with Crippen LogP contribution in [0.15, 0.2) is 60.7 Å². The van der Waals surface area contributed by atoms with Crippen molar-refractivity contribution in [3.63, 3.8) is 0 Å². The van der Waals surface area contributed by atoms with Gasteiger partial charge in [0.2, 0.25) is 0 Å². The van der Waals surface area contributed by atoms with Crippen molar-refractivity contribution < 1.29 is 14.3 Å². The first-order chi connectivity index (χ1) is 13.5. The molecule has 6 heteroatoms. The highest BCUT2D eigenvalue weighted by Gasteiger charge is 2.10. The number of ether oxygens (including phenoxy) is 1. The molecular weight excluding hydrogens is 354 g/mol. The number of nitrogens with two attached hydrogens (primary N) is 1. The van der Waals surface area contributed by atoms with Gasteiger partial charge in [0.05, 0.1) is 5.56 Å². The van der Waals surface area contributed by atoms with Crippen LogP contribution in [-0.2, 0) is 11.3 Å². The number of pyridine rings is 1. The van der Waals surface area contributed by atoms with E-state index in [0.29, 0.717) is 12.1 Å². The first kappa shape index (κ1) is 20.6. The van der Waals surface area contributed by atoms with E-state index >= 15 is 0 Å². The van der Waals surface area contributed by atoms with Crippen LogP contribution in [0.25, 0.3) is 0 Å². The molecule has 1 amide bonds. The molecule has 0 fully saturated rings. The molecule has 0 atom stereocenters. The van der Waals surface area contributed by atoms with E-state index in [-0.39, 0.29) is 11.7 Å². The first-order valence-electron chi connectivity index (χ1n) is 8.65. The second-order valence-electron chi connectivity index (χ2n) is 6.08. The molecule has 0 unspecified atom stereocenters. The van der Waals surface area contributed by atoms with Gasteiger partial charge < -0.3 is 20.6 Å². The number of hydrogen-bond donors (Lipinski definition) is 2. The molecule has 3 N–H and O–H groups in total. The molecule has 0 aliphatic rings. The standard InChI is InChI=1S/C21H21N3O2.CH2O/c1-14-5-3-4-6-19(14)26-17-10-8-16(9-11-17)13-23-21(25)18-12-7-15(2)24-20(18)22;1-2/h3-12H,13H2,1-2H3,(H2,22,24)(H,23,25);1H2. The Morgan fingerprint density at radius 1 is 1.04 bits per heavy atom. The fourth-order valence-corrected chi connectivity index (χ4v) is 2.52. The van der Waals surface area contributed by atoms with E-state index in [9.17, 15) is 4.79 Å². The lowest BCUT2D eigenvalue weighted by Gasteiger charge is -2.10. The smallest absolute Gasteiger partial charge is 0.255 e. The first-order valence-corrected chi connectivity index (χ1v) is 8.65.